The Balaban J connectivity index is 1.95. The monoisotopic (exact) mass is 341 g/mol. The molecule has 25 heavy (non-hydrogen) atoms. The van der Waals surface area contributed by atoms with Gasteiger partial charge in [0.15, 0.2) is 0 Å². The molecule has 0 spiro atoms. The number of carbonyl (C=O) groups excluding carboxylic acids is 1. The maximum absolute atomic E-state index is 12.8. The molecule has 6 nitrogen and oxygen atoms in total. The van der Waals surface area contributed by atoms with Gasteiger partial charge in [0, 0.05) is 11.6 Å². The first-order valence-electron chi connectivity index (χ1n) is 8.43. The number of ether oxygens (including phenoxy) is 1. The van der Waals surface area contributed by atoms with Gasteiger partial charge in [-0.2, -0.15) is 5.10 Å². The Morgan fingerprint density at radius 3 is 2.76 bits per heavy atom. The molecule has 1 aromatic carbocycles. The average molecular weight is 341 g/mol. The second-order valence-electron chi connectivity index (χ2n) is 6.28. The molecule has 6 heteroatoms. The lowest BCUT2D eigenvalue weighted by molar-refractivity contribution is 0.102. The van der Waals surface area contributed by atoms with E-state index in [0.29, 0.717) is 23.5 Å². The number of benzene rings is 1. The Bertz CT molecular complexity index is 922. The van der Waals surface area contributed by atoms with E-state index in [1.54, 1.807) is 18.4 Å². The van der Waals surface area contributed by atoms with Crippen LogP contribution in [0.15, 0.2) is 28.9 Å². The molecule has 0 saturated heterocycles. The van der Waals surface area contributed by atoms with Crippen LogP contribution in [0.2, 0.25) is 0 Å². The molecule has 132 valence electrons. The minimum Gasteiger partial charge on any atom is -0.493 e. The van der Waals surface area contributed by atoms with Gasteiger partial charge in [-0.1, -0.05) is 0 Å². The fraction of sp³-hybridized carbons (Fsp3) is 0.368. The zero-order valence-corrected chi connectivity index (χ0v) is 15.2. The third-order valence-corrected chi connectivity index (χ3v) is 4.15. The molecular weight excluding hydrogens is 318 g/mol. The molecule has 3 rings (SSSR count). The van der Waals surface area contributed by atoms with E-state index < -0.39 is 0 Å². The number of aromatic nitrogens is 2. The standard InChI is InChI=1S/C19H23N3O3/c1-6-24-16-9-14(10-17-15(16)7-8-25-17)19(23)20-18-12(4)21-22(11(2)3)13(18)5/h7-11H,6H2,1-5H3,(H,20,23). The van der Waals surface area contributed by atoms with E-state index in [1.807, 2.05) is 31.5 Å². The molecule has 0 fully saturated rings. The number of anilines is 1. The molecule has 1 N–H and O–H groups in total. The molecule has 0 radical (unpaired) electrons. The van der Waals surface area contributed by atoms with Crippen LogP contribution in [0.3, 0.4) is 0 Å². The number of furan rings is 1. The highest BCUT2D eigenvalue weighted by atomic mass is 16.5. The lowest BCUT2D eigenvalue weighted by Crippen LogP contribution is -2.14. The first kappa shape index (κ1) is 17.1. The Morgan fingerprint density at radius 2 is 2.12 bits per heavy atom. The summed E-state index contributed by atoms with van der Waals surface area (Å²) in [6.45, 7) is 10.4. The van der Waals surface area contributed by atoms with Crippen LogP contribution in [0.25, 0.3) is 11.0 Å². The summed E-state index contributed by atoms with van der Waals surface area (Å²) in [7, 11) is 0. The molecule has 1 amide bonds. The summed E-state index contributed by atoms with van der Waals surface area (Å²) >= 11 is 0. The van der Waals surface area contributed by atoms with Crippen molar-refractivity contribution in [3.8, 4) is 5.75 Å². The smallest absolute Gasteiger partial charge is 0.256 e. The molecule has 0 saturated carbocycles. The molecule has 0 aliphatic rings. The van der Waals surface area contributed by atoms with Crippen molar-refractivity contribution < 1.29 is 13.9 Å². The van der Waals surface area contributed by atoms with Gasteiger partial charge >= 0.3 is 0 Å². The van der Waals surface area contributed by atoms with Crippen molar-refractivity contribution >= 4 is 22.6 Å². The molecule has 0 bridgehead atoms. The normalized spacial score (nSPS) is 11.3. The van der Waals surface area contributed by atoms with Crippen LogP contribution in [-0.2, 0) is 0 Å². The SMILES string of the molecule is CCOc1cc(C(=O)Nc2c(C)nn(C(C)C)c2C)cc2occc12. The number of rotatable bonds is 5. The Labute approximate surface area is 146 Å². The van der Waals surface area contributed by atoms with Crippen LogP contribution in [-0.4, -0.2) is 22.3 Å². The molecule has 2 heterocycles. The van der Waals surface area contributed by atoms with Crippen LogP contribution in [0.1, 0.15) is 48.6 Å². The van der Waals surface area contributed by atoms with Crippen molar-refractivity contribution in [2.45, 2.75) is 40.7 Å². The highest BCUT2D eigenvalue weighted by Crippen LogP contribution is 2.30. The molecular formula is C19H23N3O3. The van der Waals surface area contributed by atoms with Gasteiger partial charge in [0.05, 0.1) is 35.3 Å². The number of amides is 1. The first-order valence-corrected chi connectivity index (χ1v) is 8.43. The summed E-state index contributed by atoms with van der Waals surface area (Å²) in [5, 5.41) is 8.34. The maximum atomic E-state index is 12.8. The second-order valence-corrected chi connectivity index (χ2v) is 6.28. The number of hydrogen-bond donors (Lipinski definition) is 1. The molecule has 0 atom stereocenters. The van der Waals surface area contributed by atoms with E-state index in [9.17, 15) is 4.79 Å². The minimum atomic E-state index is -0.214. The lowest BCUT2D eigenvalue weighted by Gasteiger charge is -2.10. The van der Waals surface area contributed by atoms with E-state index in [1.165, 1.54) is 0 Å². The molecule has 0 aliphatic heterocycles. The molecule has 2 aromatic heterocycles. The second kappa shape index (κ2) is 6.63. The van der Waals surface area contributed by atoms with Gasteiger partial charge in [-0.15, -0.1) is 0 Å². The lowest BCUT2D eigenvalue weighted by atomic mass is 10.1. The van der Waals surface area contributed by atoms with E-state index in [0.717, 1.165) is 22.5 Å². The van der Waals surface area contributed by atoms with E-state index in [4.69, 9.17) is 9.15 Å². The molecule has 0 unspecified atom stereocenters. The number of fused-ring (bicyclic) bond motifs is 1. The topological polar surface area (TPSA) is 69.3 Å². The van der Waals surface area contributed by atoms with Crippen LogP contribution >= 0.6 is 0 Å². The van der Waals surface area contributed by atoms with Gasteiger partial charge in [-0.05, 0) is 52.8 Å². The number of hydrogen-bond acceptors (Lipinski definition) is 4. The Kier molecular flexibility index (Phi) is 4.53. The van der Waals surface area contributed by atoms with Crippen LogP contribution in [0, 0.1) is 13.8 Å². The highest BCUT2D eigenvalue weighted by molar-refractivity contribution is 6.07. The van der Waals surface area contributed by atoms with Crippen molar-refractivity contribution in [2.24, 2.45) is 0 Å². The number of carbonyl (C=O) groups is 1. The van der Waals surface area contributed by atoms with Gasteiger partial charge in [0.25, 0.3) is 5.91 Å². The van der Waals surface area contributed by atoms with Gasteiger partial charge < -0.3 is 14.5 Å². The summed E-state index contributed by atoms with van der Waals surface area (Å²) in [5.41, 5.74) is 3.59. The maximum Gasteiger partial charge on any atom is 0.256 e. The molecule has 3 aromatic rings. The van der Waals surface area contributed by atoms with Crippen molar-refractivity contribution in [3.63, 3.8) is 0 Å². The third-order valence-electron chi connectivity index (χ3n) is 4.15. The van der Waals surface area contributed by atoms with Crippen molar-refractivity contribution in [2.75, 3.05) is 11.9 Å². The van der Waals surface area contributed by atoms with Gasteiger partial charge in [0.1, 0.15) is 11.3 Å². The quantitative estimate of drug-likeness (QED) is 0.743. The fourth-order valence-corrected chi connectivity index (χ4v) is 2.98. The minimum absolute atomic E-state index is 0.214. The largest absolute Gasteiger partial charge is 0.493 e. The van der Waals surface area contributed by atoms with Crippen LogP contribution in [0.4, 0.5) is 5.69 Å². The van der Waals surface area contributed by atoms with Crippen molar-refractivity contribution in [3.05, 3.63) is 41.4 Å². The number of nitrogens with zero attached hydrogens (tertiary/aromatic N) is 2. The van der Waals surface area contributed by atoms with E-state index >= 15 is 0 Å². The predicted molar refractivity (Wildman–Crippen MR) is 97.4 cm³/mol. The zero-order valence-electron chi connectivity index (χ0n) is 15.2. The van der Waals surface area contributed by atoms with Crippen LogP contribution in [0.5, 0.6) is 5.75 Å². The van der Waals surface area contributed by atoms with Crippen molar-refractivity contribution in [1.82, 2.24) is 9.78 Å². The summed E-state index contributed by atoms with van der Waals surface area (Å²) in [6, 6.07) is 5.54. The van der Waals surface area contributed by atoms with E-state index in [2.05, 4.69) is 24.3 Å². The summed E-state index contributed by atoms with van der Waals surface area (Å²) in [6.07, 6.45) is 1.59. The number of nitrogens with one attached hydrogen (secondary N) is 1. The fourth-order valence-electron chi connectivity index (χ4n) is 2.98. The van der Waals surface area contributed by atoms with E-state index in [-0.39, 0.29) is 11.9 Å². The summed E-state index contributed by atoms with van der Waals surface area (Å²) in [4.78, 5) is 12.8. The average Bonchev–Trinajstić information content (AvgIpc) is 3.14. The molecule has 0 aliphatic carbocycles. The highest BCUT2D eigenvalue weighted by Gasteiger charge is 2.18. The summed E-state index contributed by atoms with van der Waals surface area (Å²) in [5.74, 6) is 0.430. The predicted octanol–water partition coefficient (Wildman–Crippen LogP) is 4.48. The van der Waals surface area contributed by atoms with Gasteiger partial charge in [-0.3, -0.25) is 9.48 Å². The van der Waals surface area contributed by atoms with Gasteiger partial charge in [0.2, 0.25) is 0 Å². The summed E-state index contributed by atoms with van der Waals surface area (Å²) < 4.78 is 13.0. The zero-order chi connectivity index (χ0) is 18.1. The first-order chi connectivity index (χ1) is 11.9. The van der Waals surface area contributed by atoms with Crippen molar-refractivity contribution in [1.29, 1.82) is 0 Å². The van der Waals surface area contributed by atoms with Crippen LogP contribution < -0.4 is 10.1 Å². The third kappa shape index (κ3) is 3.12. The number of aryl methyl sites for hydroxylation is 1. The Hall–Kier alpha value is -2.76. The Morgan fingerprint density at radius 1 is 1.36 bits per heavy atom. The van der Waals surface area contributed by atoms with Gasteiger partial charge in [-0.25, -0.2) is 0 Å².